The van der Waals surface area contributed by atoms with Gasteiger partial charge in [-0.3, -0.25) is 4.79 Å². The highest BCUT2D eigenvalue weighted by Gasteiger charge is 2.20. The lowest BCUT2D eigenvalue weighted by molar-refractivity contribution is -0.389. The molecule has 0 unspecified atom stereocenters. The number of hydrogen-bond acceptors (Lipinski definition) is 6. The summed E-state index contributed by atoms with van der Waals surface area (Å²) in [5, 5.41) is 33.1. The van der Waals surface area contributed by atoms with E-state index in [2.05, 4.69) is 5.10 Å². The number of rotatable bonds is 6. The first-order valence-corrected chi connectivity index (χ1v) is 4.75. The summed E-state index contributed by atoms with van der Waals surface area (Å²) in [5.74, 6) is -2.52. The number of aliphatic carboxylic acids is 1. The van der Waals surface area contributed by atoms with Gasteiger partial charge < -0.3 is 25.6 Å². The summed E-state index contributed by atoms with van der Waals surface area (Å²) in [7, 11) is 0. The van der Waals surface area contributed by atoms with E-state index in [-0.39, 0.29) is 6.54 Å². The van der Waals surface area contributed by atoms with Crippen LogP contribution in [0.1, 0.15) is 0 Å². The molecule has 10 heteroatoms. The smallest absolute Gasteiger partial charge is 0.389 e. The molecule has 1 heterocycles. The zero-order valence-corrected chi connectivity index (χ0v) is 9.02. The summed E-state index contributed by atoms with van der Waals surface area (Å²) in [6.07, 6.45) is 1.21. The molecule has 1 rings (SSSR count). The summed E-state index contributed by atoms with van der Waals surface area (Å²) in [6, 6.07) is -0.309. The molecule has 18 heavy (non-hydrogen) atoms. The van der Waals surface area contributed by atoms with Crippen molar-refractivity contribution in [1.82, 2.24) is 15.1 Å². The molecule has 1 aromatic heterocycles. The first-order chi connectivity index (χ1) is 8.43. The van der Waals surface area contributed by atoms with E-state index in [4.69, 9.17) is 10.2 Å². The van der Waals surface area contributed by atoms with Crippen LogP contribution in [-0.4, -0.2) is 49.4 Å². The Labute approximate surface area is 100.0 Å². The molecule has 0 aliphatic carbocycles. The van der Waals surface area contributed by atoms with E-state index in [0.29, 0.717) is 0 Å². The number of aromatic nitrogens is 2. The van der Waals surface area contributed by atoms with E-state index in [1.165, 1.54) is 6.20 Å². The lowest BCUT2D eigenvalue weighted by Gasteiger charge is -2.10. The van der Waals surface area contributed by atoms with Crippen LogP contribution in [0.15, 0.2) is 12.3 Å². The second-order valence-electron chi connectivity index (χ2n) is 3.27. The first kappa shape index (κ1) is 13.6. The van der Waals surface area contributed by atoms with Gasteiger partial charge in [-0.2, -0.15) is 4.68 Å². The number of nitro groups is 1. The van der Waals surface area contributed by atoms with E-state index < -0.39 is 35.3 Å². The van der Waals surface area contributed by atoms with Gasteiger partial charge >= 0.3 is 11.8 Å². The van der Waals surface area contributed by atoms with Crippen LogP contribution in [0.3, 0.4) is 0 Å². The molecule has 0 aliphatic rings. The zero-order valence-electron chi connectivity index (χ0n) is 9.02. The quantitative estimate of drug-likeness (QED) is 0.409. The highest BCUT2D eigenvalue weighted by molar-refractivity contribution is 5.83. The highest BCUT2D eigenvalue weighted by atomic mass is 16.6. The maximum atomic E-state index is 11.3. The van der Waals surface area contributed by atoms with Crippen molar-refractivity contribution in [1.29, 1.82) is 0 Å². The van der Waals surface area contributed by atoms with Crippen LogP contribution >= 0.6 is 0 Å². The Balaban J connectivity index is 2.58. The molecule has 1 atom stereocenters. The maximum absolute atomic E-state index is 11.3. The van der Waals surface area contributed by atoms with Gasteiger partial charge in [0.05, 0.1) is 24.0 Å². The molecule has 98 valence electrons. The molecule has 10 nitrogen and oxygen atoms in total. The van der Waals surface area contributed by atoms with Gasteiger partial charge in [0.1, 0.15) is 12.6 Å². The van der Waals surface area contributed by atoms with E-state index in [1.807, 2.05) is 5.32 Å². The van der Waals surface area contributed by atoms with Gasteiger partial charge in [0.2, 0.25) is 5.91 Å². The molecule has 0 radical (unpaired) electrons. The predicted molar refractivity (Wildman–Crippen MR) is 55.5 cm³/mol. The van der Waals surface area contributed by atoms with Gasteiger partial charge in [0.25, 0.3) is 0 Å². The summed E-state index contributed by atoms with van der Waals surface area (Å²) in [4.78, 5) is 31.5. The van der Waals surface area contributed by atoms with Gasteiger partial charge in [0.15, 0.2) is 0 Å². The number of nitrogens with one attached hydrogen (secondary N) is 1. The number of carboxylic acids is 1. The van der Waals surface area contributed by atoms with Crippen molar-refractivity contribution >= 4 is 17.7 Å². The molecule has 0 bridgehead atoms. The molecule has 0 spiro atoms. The van der Waals surface area contributed by atoms with Gasteiger partial charge in [-0.1, -0.05) is 0 Å². The third kappa shape index (κ3) is 3.52. The Hall–Kier alpha value is -2.49. The molecule has 1 amide bonds. The molecule has 1 aromatic rings. The van der Waals surface area contributed by atoms with Crippen LogP contribution < -0.4 is 5.32 Å². The van der Waals surface area contributed by atoms with Crippen LogP contribution in [0.4, 0.5) is 5.82 Å². The first-order valence-electron chi connectivity index (χ1n) is 4.75. The number of aliphatic hydroxyl groups excluding tert-OH is 1. The standard InChI is InChI=1S/C8H10N4O6/c13-4-5(8(15)16)9-7(14)3-11-2-1-6(10-11)12(17)18/h1-2,5,13H,3-4H2,(H,9,14)(H,15,16)/t5-/m1/s1. The molecule has 0 fully saturated rings. The minimum atomic E-state index is -1.41. The van der Waals surface area contributed by atoms with Crippen molar-refractivity contribution in [2.45, 2.75) is 12.6 Å². The minimum Gasteiger partial charge on any atom is -0.480 e. The zero-order chi connectivity index (χ0) is 13.7. The van der Waals surface area contributed by atoms with Crippen molar-refractivity contribution in [3.8, 4) is 0 Å². The number of amides is 1. The van der Waals surface area contributed by atoms with E-state index in [1.54, 1.807) is 0 Å². The second kappa shape index (κ2) is 5.72. The van der Waals surface area contributed by atoms with Gasteiger partial charge in [-0.15, -0.1) is 0 Å². The topological polar surface area (TPSA) is 148 Å². The van der Waals surface area contributed by atoms with E-state index >= 15 is 0 Å². The number of carbonyl (C=O) groups is 2. The van der Waals surface area contributed by atoms with Crippen LogP contribution in [0.5, 0.6) is 0 Å². The fourth-order valence-corrected chi connectivity index (χ4v) is 1.11. The Morgan fingerprint density at radius 1 is 1.61 bits per heavy atom. The van der Waals surface area contributed by atoms with Crippen molar-refractivity contribution in [3.05, 3.63) is 22.4 Å². The average molecular weight is 258 g/mol. The van der Waals surface area contributed by atoms with Crippen LogP contribution in [-0.2, 0) is 16.1 Å². The molecule has 0 saturated carbocycles. The Morgan fingerprint density at radius 2 is 2.28 bits per heavy atom. The fourth-order valence-electron chi connectivity index (χ4n) is 1.11. The summed E-state index contributed by atoms with van der Waals surface area (Å²) >= 11 is 0. The third-order valence-electron chi connectivity index (χ3n) is 1.94. The van der Waals surface area contributed by atoms with Crippen LogP contribution in [0.25, 0.3) is 0 Å². The van der Waals surface area contributed by atoms with Gasteiger partial charge in [0, 0.05) is 0 Å². The number of carboxylic acid groups (broad SMARTS) is 1. The highest BCUT2D eigenvalue weighted by Crippen LogP contribution is 2.04. The van der Waals surface area contributed by atoms with Crippen molar-refractivity contribution in [2.24, 2.45) is 0 Å². The fraction of sp³-hybridized carbons (Fsp3) is 0.375. The van der Waals surface area contributed by atoms with E-state index in [0.717, 1.165) is 10.7 Å². The average Bonchev–Trinajstić information content (AvgIpc) is 2.74. The minimum absolute atomic E-state index is 0.377. The molecular formula is C8H10N4O6. The molecule has 0 aromatic carbocycles. The Morgan fingerprint density at radius 3 is 2.72 bits per heavy atom. The third-order valence-corrected chi connectivity index (χ3v) is 1.94. The monoisotopic (exact) mass is 258 g/mol. The molecule has 0 aliphatic heterocycles. The Bertz CT molecular complexity index is 470. The van der Waals surface area contributed by atoms with Crippen molar-refractivity contribution in [2.75, 3.05) is 6.61 Å². The number of carbonyl (C=O) groups excluding carboxylic acids is 1. The van der Waals surface area contributed by atoms with Gasteiger partial charge in [-0.25, -0.2) is 4.79 Å². The maximum Gasteiger partial charge on any atom is 0.389 e. The van der Waals surface area contributed by atoms with Crippen molar-refractivity contribution in [3.63, 3.8) is 0 Å². The lowest BCUT2D eigenvalue weighted by Crippen LogP contribution is -2.44. The SMILES string of the molecule is O=C(Cn1ccc([N+](=O)[O-])n1)N[C@H](CO)C(=O)O. The van der Waals surface area contributed by atoms with Gasteiger partial charge in [-0.05, 0) is 4.92 Å². The number of hydrogen-bond donors (Lipinski definition) is 3. The van der Waals surface area contributed by atoms with Crippen LogP contribution in [0, 0.1) is 10.1 Å². The number of nitrogens with zero attached hydrogens (tertiary/aromatic N) is 3. The molecule has 0 saturated heterocycles. The summed E-state index contributed by atoms with van der Waals surface area (Å²) < 4.78 is 0.990. The summed E-state index contributed by atoms with van der Waals surface area (Å²) in [5.41, 5.74) is 0. The Kier molecular flexibility index (Phi) is 4.32. The summed E-state index contributed by atoms with van der Waals surface area (Å²) in [6.45, 7) is -1.13. The number of aliphatic hydroxyl groups is 1. The predicted octanol–water partition coefficient (Wildman–Crippen LogP) is -1.65. The molecular weight excluding hydrogens is 248 g/mol. The second-order valence-corrected chi connectivity index (χ2v) is 3.27. The van der Waals surface area contributed by atoms with Crippen molar-refractivity contribution < 1.29 is 24.7 Å². The van der Waals surface area contributed by atoms with E-state index in [9.17, 15) is 19.7 Å². The lowest BCUT2D eigenvalue weighted by atomic mass is 10.3. The largest absolute Gasteiger partial charge is 0.480 e. The van der Waals surface area contributed by atoms with Crippen LogP contribution in [0.2, 0.25) is 0 Å². The molecule has 3 N–H and O–H groups in total. The normalized spacial score (nSPS) is 11.8.